The normalized spacial score (nSPS) is 14.2. The summed E-state index contributed by atoms with van der Waals surface area (Å²) in [6.45, 7) is 4.78. The SMILES string of the molecule is CC(=O)c1ccc(NC(=O)CN(C)Cc2ccccc2N2CCCCC2)cc1. The van der Waals surface area contributed by atoms with Crippen LogP contribution in [0.5, 0.6) is 0 Å². The molecule has 0 unspecified atom stereocenters. The van der Waals surface area contributed by atoms with Gasteiger partial charge in [0, 0.05) is 36.6 Å². The van der Waals surface area contributed by atoms with Crippen molar-refractivity contribution in [3.05, 3.63) is 59.7 Å². The van der Waals surface area contributed by atoms with Crippen molar-refractivity contribution >= 4 is 23.1 Å². The largest absolute Gasteiger partial charge is 0.371 e. The number of benzene rings is 2. The quantitative estimate of drug-likeness (QED) is 0.740. The van der Waals surface area contributed by atoms with Crippen molar-refractivity contribution in [2.24, 2.45) is 0 Å². The van der Waals surface area contributed by atoms with Crippen molar-refractivity contribution in [3.8, 4) is 0 Å². The lowest BCUT2D eigenvalue weighted by molar-refractivity contribution is -0.117. The van der Waals surface area contributed by atoms with Gasteiger partial charge >= 0.3 is 0 Å². The van der Waals surface area contributed by atoms with E-state index in [2.05, 4.69) is 34.5 Å². The lowest BCUT2D eigenvalue weighted by Crippen LogP contribution is -2.33. The Balaban J connectivity index is 1.57. The maximum atomic E-state index is 12.4. The van der Waals surface area contributed by atoms with E-state index in [0.29, 0.717) is 17.8 Å². The summed E-state index contributed by atoms with van der Waals surface area (Å²) in [4.78, 5) is 28.2. The fourth-order valence-corrected chi connectivity index (χ4v) is 3.67. The zero-order chi connectivity index (χ0) is 19.9. The van der Waals surface area contributed by atoms with E-state index in [1.165, 1.54) is 37.4 Å². The second kappa shape index (κ2) is 9.51. The predicted octanol–water partition coefficient (Wildman–Crippen LogP) is 3.95. The zero-order valence-electron chi connectivity index (χ0n) is 16.8. The van der Waals surface area contributed by atoms with Crippen molar-refractivity contribution in [2.45, 2.75) is 32.7 Å². The van der Waals surface area contributed by atoms with Gasteiger partial charge in [-0.3, -0.25) is 14.5 Å². The van der Waals surface area contributed by atoms with Gasteiger partial charge in [0.25, 0.3) is 0 Å². The fraction of sp³-hybridized carbons (Fsp3) is 0.391. The van der Waals surface area contributed by atoms with Gasteiger partial charge in [-0.15, -0.1) is 0 Å². The molecule has 1 aliphatic heterocycles. The first-order valence-electron chi connectivity index (χ1n) is 9.95. The molecule has 0 aliphatic carbocycles. The molecule has 0 spiro atoms. The molecule has 3 rings (SSSR count). The van der Waals surface area contributed by atoms with Gasteiger partial charge in [0.05, 0.1) is 6.54 Å². The number of Topliss-reactive ketones (excluding diaryl/α,β-unsaturated/α-hetero) is 1. The highest BCUT2D eigenvalue weighted by molar-refractivity contribution is 5.96. The first kappa shape index (κ1) is 20.1. The number of rotatable bonds is 7. The first-order valence-corrected chi connectivity index (χ1v) is 9.95. The molecule has 1 saturated heterocycles. The molecule has 0 aromatic heterocycles. The molecule has 0 radical (unpaired) electrons. The van der Waals surface area contributed by atoms with Crippen LogP contribution in [0.3, 0.4) is 0 Å². The number of para-hydroxylation sites is 1. The molecule has 5 nitrogen and oxygen atoms in total. The highest BCUT2D eigenvalue weighted by Gasteiger charge is 2.16. The molecule has 0 bridgehead atoms. The van der Waals surface area contributed by atoms with Crippen LogP contribution in [0.25, 0.3) is 0 Å². The minimum Gasteiger partial charge on any atom is -0.371 e. The predicted molar refractivity (Wildman–Crippen MR) is 114 cm³/mol. The molecule has 1 aliphatic rings. The highest BCUT2D eigenvalue weighted by Crippen LogP contribution is 2.25. The number of nitrogens with zero attached hydrogens (tertiary/aromatic N) is 2. The van der Waals surface area contributed by atoms with Crippen LogP contribution in [0.2, 0.25) is 0 Å². The molecule has 1 fully saturated rings. The number of piperidine rings is 1. The minimum absolute atomic E-state index is 0.0185. The van der Waals surface area contributed by atoms with Gasteiger partial charge in [0.15, 0.2) is 5.78 Å². The average Bonchev–Trinajstić information content (AvgIpc) is 2.69. The summed E-state index contributed by atoms with van der Waals surface area (Å²) in [6.07, 6.45) is 3.80. The number of carbonyl (C=O) groups excluding carboxylic acids is 2. The number of hydrogen-bond donors (Lipinski definition) is 1. The molecule has 1 heterocycles. The van der Waals surface area contributed by atoms with E-state index in [4.69, 9.17) is 0 Å². The smallest absolute Gasteiger partial charge is 0.238 e. The van der Waals surface area contributed by atoms with E-state index >= 15 is 0 Å². The van der Waals surface area contributed by atoms with E-state index in [1.54, 1.807) is 24.3 Å². The zero-order valence-corrected chi connectivity index (χ0v) is 16.8. The Kier molecular flexibility index (Phi) is 6.82. The Labute approximate surface area is 167 Å². The molecule has 28 heavy (non-hydrogen) atoms. The van der Waals surface area contributed by atoms with Crippen LogP contribution in [0.1, 0.15) is 42.1 Å². The Morgan fingerprint density at radius 1 is 1.00 bits per heavy atom. The number of nitrogens with one attached hydrogen (secondary N) is 1. The van der Waals surface area contributed by atoms with Crippen molar-refractivity contribution in [3.63, 3.8) is 0 Å². The maximum absolute atomic E-state index is 12.4. The third-order valence-electron chi connectivity index (χ3n) is 5.12. The summed E-state index contributed by atoms with van der Waals surface area (Å²) < 4.78 is 0. The van der Waals surface area contributed by atoms with Crippen LogP contribution in [0, 0.1) is 0 Å². The Morgan fingerprint density at radius 2 is 1.68 bits per heavy atom. The molecule has 1 amide bonds. The van der Waals surface area contributed by atoms with Gasteiger partial charge < -0.3 is 10.2 Å². The lowest BCUT2D eigenvalue weighted by atomic mass is 10.1. The third kappa shape index (κ3) is 5.42. The van der Waals surface area contributed by atoms with E-state index < -0.39 is 0 Å². The molecule has 5 heteroatoms. The van der Waals surface area contributed by atoms with Crippen LogP contribution >= 0.6 is 0 Å². The van der Waals surface area contributed by atoms with Crippen molar-refractivity contribution in [1.82, 2.24) is 4.90 Å². The summed E-state index contributed by atoms with van der Waals surface area (Å²) in [6, 6.07) is 15.5. The molecule has 1 N–H and O–H groups in total. The van der Waals surface area contributed by atoms with Crippen LogP contribution in [-0.4, -0.2) is 43.3 Å². The average molecular weight is 380 g/mol. The minimum atomic E-state index is -0.0615. The lowest BCUT2D eigenvalue weighted by Gasteiger charge is -2.31. The number of amides is 1. The standard InChI is InChI=1S/C23H29N3O2/c1-18(27)19-10-12-21(13-11-19)24-23(28)17-25(2)16-20-8-4-5-9-22(20)26-14-6-3-7-15-26/h4-5,8-13H,3,6-7,14-17H2,1-2H3,(H,24,28). The van der Waals surface area contributed by atoms with Crippen molar-refractivity contribution in [1.29, 1.82) is 0 Å². The number of hydrogen-bond acceptors (Lipinski definition) is 4. The van der Waals surface area contributed by atoms with E-state index in [1.807, 2.05) is 11.9 Å². The summed E-state index contributed by atoms with van der Waals surface area (Å²) in [7, 11) is 1.96. The molecule has 0 saturated carbocycles. The molecule has 2 aromatic carbocycles. The molecule has 2 aromatic rings. The highest BCUT2D eigenvalue weighted by atomic mass is 16.2. The van der Waals surface area contributed by atoms with Crippen LogP contribution < -0.4 is 10.2 Å². The topological polar surface area (TPSA) is 52.7 Å². The van der Waals surface area contributed by atoms with E-state index in [0.717, 1.165) is 19.6 Å². The van der Waals surface area contributed by atoms with E-state index in [-0.39, 0.29) is 11.7 Å². The maximum Gasteiger partial charge on any atom is 0.238 e. The second-order valence-electron chi connectivity index (χ2n) is 7.53. The summed E-state index contributed by atoms with van der Waals surface area (Å²) in [5.41, 5.74) is 3.89. The third-order valence-corrected chi connectivity index (χ3v) is 5.12. The summed E-state index contributed by atoms with van der Waals surface area (Å²) >= 11 is 0. The number of likely N-dealkylation sites (N-methyl/N-ethyl adjacent to an activating group) is 1. The monoisotopic (exact) mass is 379 g/mol. The van der Waals surface area contributed by atoms with Gasteiger partial charge in [0.1, 0.15) is 0 Å². The van der Waals surface area contributed by atoms with Crippen molar-refractivity contribution < 1.29 is 9.59 Å². The Morgan fingerprint density at radius 3 is 2.36 bits per heavy atom. The number of carbonyl (C=O) groups is 2. The number of anilines is 2. The van der Waals surface area contributed by atoms with Crippen LogP contribution in [0.15, 0.2) is 48.5 Å². The van der Waals surface area contributed by atoms with Gasteiger partial charge in [-0.2, -0.15) is 0 Å². The fourth-order valence-electron chi connectivity index (χ4n) is 3.67. The first-order chi connectivity index (χ1) is 13.5. The Bertz CT molecular complexity index is 811. The van der Waals surface area contributed by atoms with Crippen molar-refractivity contribution in [2.75, 3.05) is 36.9 Å². The Hall–Kier alpha value is -2.66. The van der Waals surface area contributed by atoms with Gasteiger partial charge in [-0.1, -0.05) is 18.2 Å². The second-order valence-corrected chi connectivity index (χ2v) is 7.53. The molecule has 0 atom stereocenters. The summed E-state index contributed by atoms with van der Waals surface area (Å²) in [5, 5.41) is 2.90. The molecular weight excluding hydrogens is 350 g/mol. The molecular formula is C23H29N3O2. The summed E-state index contributed by atoms with van der Waals surface area (Å²) in [5.74, 6) is -0.0430. The van der Waals surface area contributed by atoms with E-state index in [9.17, 15) is 9.59 Å². The van der Waals surface area contributed by atoms with Crippen LogP contribution in [0.4, 0.5) is 11.4 Å². The van der Waals surface area contributed by atoms with Gasteiger partial charge in [-0.25, -0.2) is 0 Å². The van der Waals surface area contributed by atoms with Crippen LogP contribution in [-0.2, 0) is 11.3 Å². The number of ketones is 1. The molecule has 148 valence electrons. The van der Waals surface area contributed by atoms with Gasteiger partial charge in [-0.05, 0) is 69.1 Å². The van der Waals surface area contributed by atoms with Gasteiger partial charge in [0.2, 0.25) is 5.91 Å².